The Labute approximate surface area is 275 Å². The fourth-order valence-electron chi connectivity index (χ4n) is 7.38. The van der Waals surface area contributed by atoms with E-state index < -0.39 is 0 Å². The molecule has 0 atom stereocenters. The number of benzene rings is 5. The molecule has 0 N–H and O–H groups in total. The fourth-order valence-corrected chi connectivity index (χ4v) is 7.38. The molecule has 0 bridgehead atoms. The van der Waals surface area contributed by atoms with E-state index in [1.165, 1.54) is 55.6 Å². The van der Waals surface area contributed by atoms with Gasteiger partial charge in [-0.1, -0.05) is 143 Å². The van der Waals surface area contributed by atoms with Crippen LogP contribution in [0.3, 0.4) is 0 Å². The molecule has 0 saturated heterocycles. The van der Waals surface area contributed by atoms with Gasteiger partial charge in [-0.25, -0.2) is 15.0 Å². The van der Waals surface area contributed by atoms with Crippen LogP contribution in [0.2, 0.25) is 0 Å². The molecular formula is C43H34N4. The lowest BCUT2D eigenvalue weighted by Gasteiger charge is -2.21. The Morgan fingerprint density at radius 3 is 1.77 bits per heavy atom. The SMILES string of the molecule is C.CC1(C)c2ccccc2-c2cnc(-c3nc(-c4ccccc4)nc(-c4cccc5c4Cc4c(-c6ccccc6)cccc4-5)n3)cc21. The Balaban J connectivity index is 0.00000324. The van der Waals surface area contributed by atoms with Crippen LogP contribution in [-0.4, -0.2) is 19.9 Å². The molecule has 0 unspecified atom stereocenters. The van der Waals surface area contributed by atoms with Crippen LogP contribution in [0.4, 0.5) is 0 Å². The molecule has 0 aliphatic heterocycles. The number of rotatable bonds is 4. The molecule has 0 saturated carbocycles. The maximum absolute atomic E-state index is 5.16. The van der Waals surface area contributed by atoms with Gasteiger partial charge in [-0.15, -0.1) is 0 Å². The molecule has 2 aliphatic rings. The van der Waals surface area contributed by atoms with Crippen LogP contribution >= 0.6 is 0 Å². The van der Waals surface area contributed by atoms with E-state index in [0.29, 0.717) is 17.5 Å². The number of pyridine rings is 1. The minimum Gasteiger partial charge on any atom is -0.252 e. The standard InChI is InChI=1S/C42H30N4.CH4/c1-42(2)36-22-10-9-17-31(36)35-25-43-38(24-37(35)42)41-45-39(27-15-7-4-8-16-27)44-40(46-41)32-21-12-20-30-29-19-11-18-28(33(29)23-34(30)32)26-13-5-3-6-14-26;/h3-22,24-25H,23H2,1-2H3;1H4. The molecule has 226 valence electrons. The van der Waals surface area contributed by atoms with E-state index in [2.05, 4.69) is 123 Å². The third-order valence-corrected chi connectivity index (χ3v) is 9.69. The van der Waals surface area contributed by atoms with E-state index in [1.54, 1.807) is 0 Å². The van der Waals surface area contributed by atoms with Crippen LogP contribution in [0.25, 0.3) is 67.7 Å². The summed E-state index contributed by atoms with van der Waals surface area (Å²) in [5.74, 6) is 1.89. The zero-order valence-corrected chi connectivity index (χ0v) is 25.7. The molecule has 0 spiro atoms. The smallest absolute Gasteiger partial charge is 0.182 e. The Kier molecular flexibility index (Phi) is 6.69. The monoisotopic (exact) mass is 606 g/mol. The summed E-state index contributed by atoms with van der Waals surface area (Å²) < 4.78 is 0. The molecular weight excluding hydrogens is 573 g/mol. The van der Waals surface area contributed by atoms with Gasteiger partial charge in [0.1, 0.15) is 5.69 Å². The molecule has 9 rings (SSSR count). The summed E-state index contributed by atoms with van der Waals surface area (Å²) in [6.45, 7) is 4.56. The van der Waals surface area contributed by atoms with E-state index in [0.717, 1.165) is 23.2 Å². The van der Waals surface area contributed by atoms with Gasteiger partial charge in [-0.3, -0.25) is 4.98 Å². The zero-order valence-electron chi connectivity index (χ0n) is 25.7. The molecule has 0 amide bonds. The maximum Gasteiger partial charge on any atom is 0.182 e. The molecule has 5 aromatic carbocycles. The highest BCUT2D eigenvalue weighted by atomic mass is 15.0. The van der Waals surface area contributed by atoms with Gasteiger partial charge in [0, 0.05) is 34.7 Å². The minimum atomic E-state index is -0.149. The van der Waals surface area contributed by atoms with Crippen LogP contribution in [0.1, 0.15) is 43.5 Å². The third kappa shape index (κ3) is 4.51. The number of aromatic nitrogens is 4. The average molecular weight is 607 g/mol. The van der Waals surface area contributed by atoms with Crippen LogP contribution in [0.5, 0.6) is 0 Å². The number of hydrogen-bond donors (Lipinski definition) is 0. The molecule has 2 aromatic heterocycles. The molecule has 4 nitrogen and oxygen atoms in total. The Morgan fingerprint density at radius 1 is 0.468 bits per heavy atom. The minimum absolute atomic E-state index is 0. The van der Waals surface area contributed by atoms with E-state index in [4.69, 9.17) is 19.9 Å². The van der Waals surface area contributed by atoms with Crippen molar-refractivity contribution in [3.8, 4) is 67.7 Å². The highest BCUT2D eigenvalue weighted by Gasteiger charge is 2.36. The summed E-state index contributed by atoms with van der Waals surface area (Å²) in [6.07, 6.45) is 2.81. The Hall–Kier alpha value is -5.74. The fraction of sp³-hybridized carbons (Fsp3) is 0.116. The quantitative estimate of drug-likeness (QED) is 0.200. The van der Waals surface area contributed by atoms with Gasteiger partial charge in [0.2, 0.25) is 0 Å². The maximum atomic E-state index is 5.16. The molecule has 0 radical (unpaired) electrons. The molecule has 4 heteroatoms. The van der Waals surface area contributed by atoms with Crippen LogP contribution in [0.15, 0.2) is 134 Å². The normalized spacial score (nSPS) is 13.2. The summed E-state index contributed by atoms with van der Waals surface area (Å²) in [7, 11) is 0. The predicted octanol–water partition coefficient (Wildman–Crippen LogP) is 10.4. The lowest BCUT2D eigenvalue weighted by atomic mass is 9.82. The van der Waals surface area contributed by atoms with E-state index in [9.17, 15) is 0 Å². The van der Waals surface area contributed by atoms with Crippen LogP contribution in [-0.2, 0) is 11.8 Å². The van der Waals surface area contributed by atoms with Crippen molar-refractivity contribution in [3.05, 3.63) is 156 Å². The molecule has 47 heavy (non-hydrogen) atoms. The summed E-state index contributed by atoms with van der Waals surface area (Å²) in [4.78, 5) is 20.2. The van der Waals surface area contributed by atoms with Crippen molar-refractivity contribution < 1.29 is 0 Å². The van der Waals surface area contributed by atoms with E-state index in [1.807, 2.05) is 24.4 Å². The van der Waals surface area contributed by atoms with E-state index in [-0.39, 0.29) is 12.8 Å². The van der Waals surface area contributed by atoms with Gasteiger partial charge in [-0.05, 0) is 56.1 Å². The van der Waals surface area contributed by atoms with Crippen LogP contribution < -0.4 is 0 Å². The average Bonchev–Trinajstić information content (AvgIpc) is 3.61. The third-order valence-electron chi connectivity index (χ3n) is 9.69. The lowest BCUT2D eigenvalue weighted by molar-refractivity contribution is 0.660. The zero-order chi connectivity index (χ0) is 30.8. The molecule has 7 aromatic rings. The second-order valence-electron chi connectivity index (χ2n) is 12.7. The summed E-state index contributed by atoms with van der Waals surface area (Å²) >= 11 is 0. The van der Waals surface area contributed by atoms with Crippen molar-refractivity contribution in [1.29, 1.82) is 0 Å². The summed E-state index contributed by atoms with van der Waals surface area (Å²) in [6, 6.07) is 44.7. The lowest BCUT2D eigenvalue weighted by Crippen LogP contribution is -2.15. The number of fused-ring (bicyclic) bond motifs is 6. The largest absolute Gasteiger partial charge is 0.252 e. The first-order chi connectivity index (χ1) is 22.6. The number of nitrogens with zero attached hydrogens (tertiary/aromatic N) is 4. The Bertz CT molecular complexity index is 2310. The highest BCUT2D eigenvalue weighted by molar-refractivity contribution is 5.89. The topological polar surface area (TPSA) is 51.6 Å². The number of hydrogen-bond acceptors (Lipinski definition) is 4. The first-order valence-electron chi connectivity index (χ1n) is 15.8. The van der Waals surface area contributed by atoms with Crippen molar-refractivity contribution in [2.45, 2.75) is 33.1 Å². The summed E-state index contributed by atoms with van der Waals surface area (Å²) in [5, 5.41) is 0. The van der Waals surface area contributed by atoms with Gasteiger partial charge >= 0.3 is 0 Å². The van der Waals surface area contributed by atoms with Crippen molar-refractivity contribution in [2.75, 3.05) is 0 Å². The summed E-state index contributed by atoms with van der Waals surface area (Å²) in [5.41, 5.74) is 15.2. The van der Waals surface area contributed by atoms with Crippen molar-refractivity contribution in [2.24, 2.45) is 0 Å². The first-order valence-corrected chi connectivity index (χ1v) is 15.8. The van der Waals surface area contributed by atoms with Gasteiger partial charge in [0.05, 0.1) is 0 Å². The second kappa shape index (κ2) is 11.0. The highest BCUT2D eigenvalue weighted by Crippen LogP contribution is 2.49. The Morgan fingerprint density at radius 2 is 1.02 bits per heavy atom. The van der Waals surface area contributed by atoms with Gasteiger partial charge in [0.15, 0.2) is 17.5 Å². The van der Waals surface area contributed by atoms with Crippen molar-refractivity contribution in [1.82, 2.24) is 19.9 Å². The van der Waals surface area contributed by atoms with Crippen molar-refractivity contribution >= 4 is 0 Å². The molecule has 2 heterocycles. The molecule has 2 aliphatic carbocycles. The van der Waals surface area contributed by atoms with Gasteiger partial charge < -0.3 is 0 Å². The first kappa shape index (κ1) is 28.7. The van der Waals surface area contributed by atoms with Gasteiger partial charge in [0.25, 0.3) is 0 Å². The predicted molar refractivity (Wildman–Crippen MR) is 192 cm³/mol. The van der Waals surface area contributed by atoms with Crippen LogP contribution in [0, 0.1) is 0 Å². The second-order valence-corrected chi connectivity index (χ2v) is 12.7. The molecule has 0 fully saturated rings. The van der Waals surface area contributed by atoms with Crippen molar-refractivity contribution in [3.63, 3.8) is 0 Å². The van der Waals surface area contributed by atoms with Gasteiger partial charge in [-0.2, -0.15) is 0 Å². The van der Waals surface area contributed by atoms with E-state index >= 15 is 0 Å².